The maximum atomic E-state index is 12.6. The van der Waals surface area contributed by atoms with Gasteiger partial charge in [0.15, 0.2) is 0 Å². The SMILES string of the molecule is CC(C)C1COC(=O)N1c1ccnc(N[C@@H](C)c2ccc(C(=O)NC3CCCC3)c(Cl)c2)n1. The Morgan fingerprint density at radius 3 is 2.67 bits per heavy atom. The summed E-state index contributed by atoms with van der Waals surface area (Å²) in [6.07, 6.45) is 5.57. The molecule has 1 saturated carbocycles. The van der Waals surface area contributed by atoms with Gasteiger partial charge in [-0.25, -0.2) is 9.78 Å². The van der Waals surface area contributed by atoms with Gasteiger partial charge >= 0.3 is 6.09 Å². The zero-order valence-corrected chi connectivity index (χ0v) is 19.9. The smallest absolute Gasteiger partial charge is 0.415 e. The Balaban J connectivity index is 1.45. The number of rotatable bonds is 7. The Morgan fingerprint density at radius 1 is 1.21 bits per heavy atom. The number of hydrogen-bond acceptors (Lipinski definition) is 6. The molecule has 2 aromatic rings. The number of carbonyl (C=O) groups is 2. The van der Waals surface area contributed by atoms with Crippen molar-refractivity contribution >= 4 is 35.4 Å². The second-order valence-electron chi connectivity index (χ2n) is 9.06. The zero-order chi connectivity index (χ0) is 23.5. The normalized spacial score (nSPS) is 19.6. The number of amides is 2. The monoisotopic (exact) mass is 471 g/mol. The molecule has 1 aromatic heterocycles. The Labute approximate surface area is 199 Å². The average Bonchev–Trinajstić information content (AvgIpc) is 3.43. The standard InChI is InChI=1S/C24H30ClN5O3/c1-14(2)20-13-33-24(32)30(20)21-10-11-26-23(29-21)27-15(3)16-8-9-18(19(25)12-16)22(31)28-17-6-4-5-7-17/h8-12,14-15,17,20H,4-7,13H2,1-3H3,(H,28,31)(H,26,27,29)/t15-,20?/m0/s1. The van der Waals surface area contributed by atoms with E-state index >= 15 is 0 Å². The van der Waals surface area contributed by atoms with Crippen LogP contribution < -0.4 is 15.5 Å². The highest BCUT2D eigenvalue weighted by Crippen LogP contribution is 2.28. The molecule has 0 spiro atoms. The maximum Gasteiger partial charge on any atom is 0.415 e. The number of aromatic nitrogens is 2. The minimum Gasteiger partial charge on any atom is -0.447 e. The summed E-state index contributed by atoms with van der Waals surface area (Å²) >= 11 is 6.45. The van der Waals surface area contributed by atoms with Gasteiger partial charge in [-0.15, -0.1) is 0 Å². The van der Waals surface area contributed by atoms with Crippen LogP contribution in [0.3, 0.4) is 0 Å². The van der Waals surface area contributed by atoms with Crippen molar-refractivity contribution in [3.05, 3.63) is 46.6 Å². The predicted molar refractivity (Wildman–Crippen MR) is 128 cm³/mol. The number of carbonyl (C=O) groups excluding carboxylic acids is 2. The van der Waals surface area contributed by atoms with Crippen molar-refractivity contribution in [2.24, 2.45) is 5.92 Å². The van der Waals surface area contributed by atoms with E-state index in [0.717, 1.165) is 31.2 Å². The van der Waals surface area contributed by atoms with Crippen molar-refractivity contribution in [3.8, 4) is 0 Å². The molecule has 2 fully saturated rings. The second-order valence-corrected chi connectivity index (χ2v) is 9.46. The van der Waals surface area contributed by atoms with E-state index in [-0.39, 0.29) is 30.0 Å². The molecule has 176 valence electrons. The fourth-order valence-corrected chi connectivity index (χ4v) is 4.61. The number of ether oxygens (including phenoxy) is 1. The van der Waals surface area contributed by atoms with Crippen molar-refractivity contribution in [2.45, 2.75) is 64.6 Å². The van der Waals surface area contributed by atoms with E-state index in [1.165, 1.54) is 0 Å². The Bertz CT molecular complexity index is 1020. The highest BCUT2D eigenvalue weighted by Gasteiger charge is 2.37. The fourth-order valence-electron chi connectivity index (χ4n) is 4.34. The molecule has 1 aliphatic carbocycles. The first kappa shape index (κ1) is 23.3. The van der Waals surface area contributed by atoms with Crippen molar-refractivity contribution in [1.29, 1.82) is 0 Å². The van der Waals surface area contributed by atoms with Gasteiger partial charge in [0.2, 0.25) is 5.95 Å². The molecule has 2 N–H and O–H groups in total. The molecule has 1 saturated heterocycles. The molecule has 0 radical (unpaired) electrons. The molecule has 0 bridgehead atoms. The van der Waals surface area contributed by atoms with Gasteiger partial charge in [-0.3, -0.25) is 9.69 Å². The number of hydrogen-bond donors (Lipinski definition) is 2. The summed E-state index contributed by atoms with van der Waals surface area (Å²) in [5, 5.41) is 6.73. The van der Waals surface area contributed by atoms with E-state index in [9.17, 15) is 9.59 Å². The molecule has 2 aliphatic rings. The van der Waals surface area contributed by atoms with Crippen LogP contribution in [0.1, 0.15) is 68.4 Å². The van der Waals surface area contributed by atoms with E-state index in [1.807, 2.05) is 26.8 Å². The highest BCUT2D eigenvalue weighted by molar-refractivity contribution is 6.33. The lowest BCUT2D eigenvalue weighted by atomic mass is 10.0. The van der Waals surface area contributed by atoms with E-state index in [2.05, 4.69) is 20.6 Å². The summed E-state index contributed by atoms with van der Waals surface area (Å²) in [4.78, 5) is 35.3. The van der Waals surface area contributed by atoms with Gasteiger partial charge in [-0.1, -0.05) is 44.4 Å². The van der Waals surface area contributed by atoms with Crippen LogP contribution in [0.4, 0.5) is 16.6 Å². The molecule has 1 aliphatic heterocycles. The zero-order valence-electron chi connectivity index (χ0n) is 19.2. The number of nitrogens with zero attached hydrogens (tertiary/aromatic N) is 3. The molecule has 1 aromatic carbocycles. The lowest BCUT2D eigenvalue weighted by molar-refractivity contribution is 0.0938. The summed E-state index contributed by atoms with van der Waals surface area (Å²) in [5.41, 5.74) is 1.37. The van der Waals surface area contributed by atoms with Gasteiger partial charge in [0.05, 0.1) is 22.7 Å². The molecule has 9 heteroatoms. The van der Waals surface area contributed by atoms with Gasteiger partial charge in [0.25, 0.3) is 5.91 Å². The molecule has 1 unspecified atom stereocenters. The lowest BCUT2D eigenvalue weighted by Crippen LogP contribution is -2.37. The van der Waals surface area contributed by atoms with E-state index in [1.54, 1.807) is 29.3 Å². The quantitative estimate of drug-likeness (QED) is 0.592. The molecule has 8 nitrogen and oxygen atoms in total. The Hall–Kier alpha value is -2.87. The van der Waals surface area contributed by atoms with Crippen LogP contribution in [0.15, 0.2) is 30.5 Å². The lowest BCUT2D eigenvalue weighted by Gasteiger charge is -2.24. The van der Waals surface area contributed by atoms with Crippen LogP contribution in [0.5, 0.6) is 0 Å². The van der Waals surface area contributed by atoms with Crippen LogP contribution in [0, 0.1) is 5.92 Å². The molecule has 2 atom stereocenters. The summed E-state index contributed by atoms with van der Waals surface area (Å²) in [7, 11) is 0. The van der Waals surface area contributed by atoms with E-state index < -0.39 is 6.09 Å². The average molecular weight is 472 g/mol. The van der Waals surface area contributed by atoms with Crippen LogP contribution >= 0.6 is 11.6 Å². The van der Waals surface area contributed by atoms with Crippen LogP contribution in [0.2, 0.25) is 5.02 Å². The molecule has 33 heavy (non-hydrogen) atoms. The van der Waals surface area contributed by atoms with Gasteiger partial charge in [0.1, 0.15) is 12.4 Å². The first-order valence-electron chi connectivity index (χ1n) is 11.5. The Kier molecular flexibility index (Phi) is 7.02. The number of anilines is 2. The summed E-state index contributed by atoms with van der Waals surface area (Å²) in [6.45, 7) is 6.40. The summed E-state index contributed by atoms with van der Waals surface area (Å²) in [5.74, 6) is 0.986. The topological polar surface area (TPSA) is 96.5 Å². The minimum absolute atomic E-state index is 0.0700. The van der Waals surface area contributed by atoms with Crippen molar-refractivity contribution in [3.63, 3.8) is 0 Å². The van der Waals surface area contributed by atoms with Gasteiger partial charge in [-0.2, -0.15) is 4.98 Å². The molecule has 2 heterocycles. The maximum absolute atomic E-state index is 12.6. The molecular formula is C24H30ClN5O3. The number of halogens is 1. The third kappa shape index (κ3) is 5.21. The Morgan fingerprint density at radius 2 is 1.97 bits per heavy atom. The van der Waals surface area contributed by atoms with Crippen LogP contribution in [0.25, 0.3) is 0 Å². The van der Waals surface area contributed by atoms with Crippen molar-refractivity contribution in [2.75, 3.05) is 16.8 Å². The highest BCUT2D eigenvalue weighted by atomic mass is 35.5. The van der Waals surface area contributed by atoms with E-state index in [0.29, 0.717) is 29.0 Å². The van der Waals surface area contributed by atoms with E-state index in [4.69, 9.17) is 16.3 Å². The van der Waals surface area contributed by atoms with Gasteiger partial charge < -0.3 is 15.4 Å². The molecule has 4 rings (SSSR count). The first-order valence-corrected chi connectivity index (χ1v) is 11.9. The molecule has 2 amide bonds. The first-order chi connectivity index (χ1) is 15.8. The largest absolute Gasteiger partial charge is 0.447 e. The summed E-state index contributed by atoms with van der Waals surface area (Å²) < 4.78 is 5.23. The fraction of sp³-hybridized carbons (Fsp3) is 0.500. The predicted octanol–water partition coefficient (Wildman–Crippen LogP) is 4.96. The summed E-state index contributed by atoms with van der Waals surface area (Å²) in [6, 6.07) is 7.12. The van der Waals surface area contributed by atoms with Gasteiger partial charge in [-0.05, 0) is 49.4 Å². The number of nitrogens with one attached hydrogen (secondary N) is 2. The van der Waals surface area contributed by atoms with Crippen molar-refractivity contribution in [1.82, 2.24) is 15.3 Å². The minimum atomic E-state index is -0.398. The van der Waals surface area contributed by atoms with Gasteiger partial charge in [0, 0.05) is 12.2 Å². The molecular weight excluding hydrogens is 442 g/mol. The second kappa shape index (κ2) is 9.95. The number of benzene rings is 1. The number of cyclic esters (lactones) is 1. The van der Waals surface area contributed by atoms with Crippen molar-refractivity contribution < 1.29 is 14.3 Å². The third-order valence-corrected chi connectivity index (χ3v) is 6.65. The third-order valence-electron chi connectivity index (χ3n) is 6.34. The van der Waals surface area contributed by atoms with Crippen LogP contribution in [-0.2, 0) is 4.74 Å². The van der Waals surface area contributed by atoms with Crippen LogP contribution in [-0.4, -0.2) is 40.7 Å².